The second kappa shape index (κ2) is 6.38. The summed E-state index contributed by atoms with van der Waals surface area (Å²) in [6.45, 7) is 2.07. The van der Waals surface area contributed by atoms with Crippen LogP contribution < -0.4 is 5.32 Å². The van der Waals surface area contributed by atoms with Crippen molar-refractivity contribution in [3.05, 3.63) is 22.4 Å². The first-order chi connectivity index (χ1) is 9.36. The highest BCUT2D eigenvalue weighted by Crippen LogP contribution is 2.38. The van der Waals surface area contributed by atoms with Gasteiger partial charge in [-0.25, -0.2) is 0 Å². The first-order valence-electron chi connectivity index (χ1n) is 7.76. The topological polar surface area (TPSA) is 21.3 Å². The van der Waals surface area contributed by atoms with E-state index in [1.807, 2.05) is 11.3 Å². The minimum Gasteiger partial charge on any atom is -0.375 e. The third-order valence-electron chi connectivity index (χ3n) is 4.64. The Hall–Kier alpha value is -0.380. The van der Waals surface area contributed by atoms with E-state index >= 15 is 0 Å². The van der Waals surface area contributed by atoms with E-state index in [-0.39, 0.29) is 5.60 Å². The third kappa shape index (κ3) is 3.59. The van der Waals surface area contributed by atoms with Crippen LogP contribution in [-0.4, -0.2) is 24.8 Å². The highest BCUT2D eigenvalue weighted by atomic mass is 32.1. The van der Waals surface area contributed by atoms with Gasteiger partial charge in [-0.2, -0.15) is 0 Å². The molecule has 3 rings (SSSR count). The first kappa shape index (κ1) is 13.6. The summed E-state index contributed by atoms with van der Waals surface area (Å²) in [5, 5.41) is 5.93. The van der Waals surface area contributed by atoms with Crippen LogP contribution in [0.5, 0.6) is 0 Å². The molecule has 1 aromatic heterocycles. The fourth-order valence-electron chi connectivity index (χ4n) is 3.60. The number of hydrogen-bond donors (Lipinski definition) is 1. The molecule has 19 heavy (non-hydrogen) atoms. The second-order valence-electron chi connectivity index (χ2n) is 6.07. The van der Waals surface area contributed by atoms with Gasteiger partial charge in [0.15, 0.2) is 0 Å². The summed E-state index contributed by atoms with van der Waals surface area (Å²) >= 11 is 1.87. The normalized spacial score (nSPS) is 26.6. The fourth-order valence-corrected chi connectivity index (χ4v) is 4.31. The zero-order valence-electron chi connectivity index (χ0n) is 11.7. The van der Waals surface area contributed by atoms with Gasteiger partial charge in [0.05, 0.1) is 5.60 Å². The molecule has 1 unspecified atom stereocenters. The van der Waals surface area contributed by atoms with Crippen LogP contribution in [0.15, 0.2) is 17.5 Å². The Morgan fingerprint density at radius 3 is 3.00 bits per heavy atom. The molecule has 1 aromatic rings. The van der Waals surface area contributed by atoms with Crippen molar-refractivity contribution < 1.29 is 4.74 Å². The van der Waals surface area contributed by atoms with E-state index in [1.54, 1.807) is 0 Å². The van der Waals surface area contributed by atoms with Gasteiger partial charge in [0, 0.05) is 24.1 Å². The molecule has 0 amide bonds. The molecule has 1 saturated heterocycles. The van der Waals surface area contributed by atoms with E-state index in [1.165, 1.54) is 56.2 Å². The lowest BCUT2D eigenvalue weighted by molar-refractivity contribution is -0.109. The maximum absolute atomic E-state index is 6.15. The molecule has 0 radical (unpaired) electrons. The summed E-state index contributed by atoms with van der Waals surface area (Å²) in [5.41, 5.74) is 0.233. The maximum Gasteiger partial charge on any atom is 0.0697 e. The van der Waals surface area contributed by atoms with Crippen molar-refractivity contribution >= 4 is 11.3 Å². The fraction of sp³-hybridized carbons (Fsp3) is 0.750. The van der Waals surface area contributed by atoms with Gasteiger partial charge in [-0.1, -0.05) is 25.3 Å². The number of nitrogens with one attached hydrogen (secondary N) is 1. The van der Waals surface area contributed by atoms with Crippen LogP contribution in [0.3, 0.4) is 0 Å². The molecule has 3 heteroatoms. The number of ether oxygens (including phenoxy) is 1. The van der Waals surface area contributed by atoms with Crippen LogP contribution in [-0.2, 0) is 11.2 Å². The minimum atomic E-state index is 0.233. The monoisotopic (exact) mass is 279 g/mol. The van der Waals surface area contributed by atoms with E-state index < -0.39 is 0 Å². The molecule has 2 heterocycles. The summed E-state index contributed by atoms with van der Waals surface area (Å²) in [7, 11) is 0. The predicted octanol–water partition coefficient (Wildman–Crippen LogP) is 3.76. The van der Waals surface area contributed by atoms with Crippen LogP contribution in [0.4, 0.5) is 0 Å². The van der Waals surface area contributed by atoms with Crippen LogP contribution in [0.25, 0.3) is 0 Å². The molecule has 1 aliphatic heterocycles. The van der Waals surface area contributed by atoms with E-state index in [2.05, 4.69) is 22.8 Å². The van der Waals surface area contributed by atoms with Crippen molar-refractivity contribution in [2.75, 3.05) is 13.2 Å². The molecule has 106 valence electrons. The molecule has 0 aromatic carbocycles. The standard InChI is InChI=1S/C16H25NOS/c1-2-8-16(9-3-1)13-14(7-11-18-16)17-10-6-15-5-4-12-19-15/h4-5,12,14,17H,1-3,6-11,13H2. The Bertz CT molecular complexity index is 365. The summed E-state index contributed by atoms with van der Waals surface area (Å²) in [5.74, 6) is 0. The molecule has 1 saturated carbocycles. The molecule has 2 nitrogen and oxygen atoms in total. The highest BCUT2D eigenvalue weighted by Gasteiger charge is 2.38. The number of hydrogen-bond acceptors (Lipinski definition) is 3. The average Bonchev–Trinajstić information content (AvgIpc) is 2.93. The van der Waals surface area contributed by atoms with Gasteiger partial charge in [-0.15, -0.1) is 11.3 Å². The Balaban J connectivity index is 1.45. The maximum atomic E-state index is 6.15. The third-order valence-corrected chi connectivity index (χ3v) is 5.58. The quantitative estimate of drug-likeness (QED) is 0.906. The Morgan fingerprint density at radius 2 is 2.21 bits per heavy atom. The molecule has 1 N–H and O–H groups in total. The summed E-state index contributed by atoms with van der Waals surface area (Å²) < 4.78 is 6.15. The van der Waals surface area contributed by atoms with E-state index in [9.17, 15) is 0 Å². The van der Waals surface area contributed by atoms with Crippen molar-refractivity contribution in [1.29, 1.82) is 0 Å². The smallest absolute Gasteiger partial charge is 0.0697 e. The lowest BCUT2D eigenvalue weighted by atomic mass is 9.78. The number of rotatable bonds is 4. The van der Waals surface area contributed by atoms with Crippen LogP contribution in [0.1, 0.15) is 49.8 Å². The Labute approximate surface area is 120 Å². The number of thiophene rings is 1. The summed E-state index contributed by atoms with van der Waals surface area (Å²) in [4.78, 5) is 1.49. The van der Waals surface area contributed by atoms with Crippen LogP contribution in [0.2, 0.25) is 0 Å². The molecule has 1 atom stereocenters. The Kier molecular flexibility index (Phi) is 4.57. The van der Waals surface area contributed by atoms with E-state index in [4.69, 9.17) is 4.74 Å². The SMILES string of the molecule is c1csc(CCNC2CCOC3(CCCCC3)C2)c1. The lowest BCUT2D eigenvalue weighted by Gasteiger charge is -2.43. The minimum absolute atomic E-state index is 0.233. The van der Waals surface area contributed by atoms with Crippen molar-refractivity contribution in [3.63, 3.8) is 0 Å². The van der Waals surface area contributed by atoms with Crippen molar-refractivity contribution in [2.24, 2.45) is 0 Å². The molecular weight excluding hydrogens is 254 g/mol. The first-order valence-corrected chi connectivity index (χ1v) is 8.64. The van der Waals surface area contributed by atoms with Crippen LogP contribution in [0, 0.1) is 0 Å². The molecule has 2 fully saturated rings. The average molecular weight is 279 g/mol. The zero-order valence-corrected chi connectivity index (χ0v) is 12.5. The molecule has 1 aliphatic carbocycles. The largest absolute Gasteiger partial charge is 0.375 e. The Morgan fingerprint density at radius 1 is 1.32 bits per heavy atom. The molecule has 0 bridgehead atoms. The highest BCUT2D eigenvalue weighted by molar-refractivity contribution is 7.09. The zero-order chi connectivity index (χ0) is 13.0. The lowest BCUT2D eigenvalue weighted by Crippen LogP contribution is -2.48. The van der Waals surface area contributed by atoms with Crippen molar-refractivity contribution in [2.45, 2.75) is 63.0 Å². The van der Waals surface area contributed by atoms with Gasteiger partial charge >= 0.3 is 0 Å². The summed E-state index contributed by atoms with van der Waals surface area (Å²) in [6.07, 6.45) is 10.3. The van der Waals surface area contributed by atoms with Gasteiger partial charge in [-0.3, -0.25) is 0 Å². The van der Waals surface area contributed by atoms with Crippen molar-refractivity contribution in [1.82, 2.24) is 5.32 Å². The molecular formula is C16H25NOS. The molecule has 1 spiro atoms. The van der Waals surface area contributed by atoms with Crippen LogP contribution >= 0.6 is 11.3 Å². The predicted molar refractivity (Wildman–Crippen MR) is 80.8 cm³/mol. The van der Waals surface area contributed by atoms with Gasteiger partial charge in [0.2, 0.25) is 0 Å². The summed E-state index contributed by atoms with van der Waals surface area (Å²) in [6, 6.07) is 5.05. The van der Waals surface area contributed by atoms with E-state index in [0.717, 1.165) is 13.2 Å². The van der Waals surface area contributed by atoms with Gasteiger partial charge in [-0.05, 0) is 43.6 Å². The van der Waals surface area contributed by atoms with Gasteiger partial charge in [0.25, 0.3) is 0 Å². The molecule has 2 aliphatic rings. The van der Waals surface area contributed by atoms with E-state index in [0.29, 0.717) is 6.04 Å². The van der Waals surface area contributed by atoms with Crippen molar-refractivity contribution in [3.8, 4) is 0 Å². The van der Waals surface area contributed by atoms with Gasteiger partial charge < -0.3 is 10.1 Å². The second-order valence-corrected chi connectivity index (χ2v) is 7.10. The van der Waals surface area contributed by atoms with Gasteiger partial charge in [0.1, 0.15) is 0 Å².